The number of thiazole rings is 1. The number of aromatic nitrogens is 1. The number of benzene rings is 1. The van der Waals surface area contributed by atoms with Crippen LogP contribution in [-0.4, -0.2) is 91.0 Å². The minimum Gasteiger partial charge on any atom is -0.389 e. The first kappa shape index (κ1) is 28.3. The lowest BCUT2D eigenvalue weighted by Crippen LogP contribution is -2.54. The van der Waals surface area contributed by atoms with Gasteiger partial charge in [0.1, 0.15) is 0 Å². The van der Waals surface area contributed by atoms with Crippen molar-refractivity contribution in [1.29, 1.82) is 0 Å². The number of piperazine rings is 1. The Labute approximate surface area is 243 Å². The maximum absolute atomic E-state index is 13.4. The monoisotopic (exact) mass is 601 g/mol. The van der Waals surface area contributed by atoms with Gasteiger partial charge in [-0.25, -0.2) is 13.4 Å². The van der Waals surface area contributed by atoms with E-state index in [1.807, 2.05) is 4.90 Å². The fourth-order valence-corrected chi connectivity index (χ4v) is 7.71. The SMILES string of the molecule is C[C@H]1CN(Cc2cnc(NC(=O)/C(=N/O[C@@H]3CCOC3)c3ccc(S(=O)(=O)C4CC4)cc3)s2)CCN1C(=O)C1CC1. The molecule has 13 heteroatoms. The molecule has 3 heterocycles. The molecule has 1 aromatic heterocycles. The Morgan fingerprint density at radius 3 is 2.59 bits per heavy atom. The predicted molar refractivity (Wildman–Crippen MR) is 153 cm³/mol. The number of amides is 2. The summed E-state index contributed by atoms with van der Waals surface area (Å²) in [6.45, 7) is 6.07. The van der Waals surface area contributed by atoms with Crippen molar-refractivity contribution in [3.8, 4) is 0 Å². The van der Waals surface area contributed by atoms with Gasteiger partial charge in [0.15, 0.2) is 26.8 Å². The summed E-state index contributed by atoms with van der Waals surface area (Å²) in [6.07, 6.45) is 5.58. The molecule has 4 aliphatic rings. The Balaban J connectivity index is 1.11. The molecular formula is C28H35N5O6S2. The number of sulfone groups is 1. The molecule has 2 saturated carbocycles. The molecule has 2 aliphatic carbocycles. The van der Waals surface area contributed by atoms with Gasteiger partial charge >= 0.3 is 0 Å². The van der Waals surface area contributed by atoms with Crippen LogP contribution >= 0.6 is 11.3 Å². The molecule has 0 bridgehead atoms. The highest BCUT2D eigenvalue weighted by Gasteiger charge is 2.38. The van der Waals surface area contributed by atoms with Crippen molar-refractivity contribution in [1.82, 2.24) is 14.8 Å². The van der Waals surface area contributed by atoms with Crippen molar-refractivity contribution in [2.45, 2.75) is 67.9 Å². The van der Waals surface area contributed by atoms with Crippen molar-refractivity contribution in [3.63, 3.8) is 0 Å². The van der Waals surface area contributed by atoms with Crippen molar-refractivity contribution >= 4 is 43.8 Å². The van der Waals surface area contributed by atoms with Crippen LogP contribution in [-0.2, 0) is 35.5 Å². The largest absolute Gasteiger partial charge is 0.389 e. The first-order chi connectivity index (χ1) is 19.8. The average Bonchev–Trinajstić information content (AvgIpc) is 3.89. The van der Waals surface area contributed by atoms with Gasteiger partial charge in [-0.3, -0.25) is 19.8 Å². The zero-order chi connectivity index (χ0) is 28.6. The number of oxime groups is 1. The van der Waals surface area contributed by atoms with Gasteiger partial charge in [0.05, 0.1) is 23.4 Å². The maximum atomic E-state index is 13.4. The van der Waals surface area contributed by atoms with E-state index < -0.39 is 15.7 Å². The summed E-state index contributed by atoms with van der Waals surface area (Å²) >= 11 is 1.39. The van der Waals surface area contributed by atoms with Crippen molar-refractivity contribution in [3.05, 3.63) is 40.9 Å². The van der Waals surface area contributed by atoms with E-state index in [1.54, 1.807) is 18.3 Å². The summed E-state index contributed by atoms with van der Waals surface area (Å²) in [5.74, 6) is 0.0279. The topological polar surface area (TPSA) is 130 Å². The Morgan fingerprint density at radius 1 is 1.15 bits per heavy atom. The van der Waals surface area contributed by atoms with Crippen molar-refractivity contribution in [2.75, 3.05) is 38.2 Å². The van der Waals surface area contributed by atoms with Crippen LogP contribution in [0.15, 0.2) is 40.5 Å². The molecule has 2 amide bonds. The number of ether oxygens (including phenoxy) is 1. The molecule has 1 aromatic carbocycles. The number of anilines is 1. The van der Waals surface area contributed by atoms with Crippen LogP contribution in [0.2, 0.25) is 0 Å². The number of nitrogens with zero attached hydrogens (tertiary/aromatic N) is 4. The Kier molecular flexibility index (Phi) is 8.12. The summed E-state index contributed by atoms with van der Waals surface area (Å²) in [5, 5.41) is 7.13. The Morgan fingerprint density at radius 2 is 1.93 bits per heavy atom. The van der Waals surface area contributed by atoms with Crippen molar-refractivity contribution in [2.24, 2.45) is 11.1 Å². The van der Waals surface area contributed by atoms with E-state index in [1.165, 1.54) is 23.5 Å². The smallest absolute Gasteiger partial charge is 0.280 e. The Bertz CT molecular complexity index is 1410. The molecule has 41 heavy (non-hydrogen) atoms. The lowest BCUT2D eigenvalue weighted by molar-refractivity contribution is -0.137. The van der Waals surface area contributed by atoms with Crippen LogP contribution in [0, 0.1) is 5.92 Å². The molecule has 0 spiro atoms. The first-order valence-electron chi connectivity index (χ1n) is 14.2. The molecule has 2 atom stereocenters. The highest BCUT2D eigenvalue weighted by Crippen LogP contribution is 2.34. The summed E-state index contributed by atoms with van der Waals surface area (Å²) in [4.78, 5) is 41.5. The molecule has 4 fully saturated rings. The number of carbonyl (C=O) groups excluding carboxylic acids is 2. The normalized spacial score (nSPS) is 23.9. The van der Waals surface area contributed by atoms with Crippen LogP contribution in [0.3, 0.4) is 0 Å². The van der Waals surface area contributed by atoms with Gasteiger partial charge in [-0.1, -0.05) is 17.3 Å². The van der Waals surface area contributed by atoms with E-state index in [0.29, 0.717) is 55.6 Å². The van der Waals surface area contributed by atoms with Gasteiger partial charge in [-0.15, -0.1) is 11.3 Å². The standard InChI is InChI=1S/C28H35N5O6S2/c1-18-15-32(11-12-33(18)27(35)20-2-3-20)16-22-14-29-28(40-22)30-26(34)25(31-39-21-10-13-38-17-21)19-4-6-23(7-5-19)41(36,37)24-8-9-24/h4-7,14,18,20-21,24H,2-3,8-13,15-17H2,1H3,(H,29,30,34)/b31-25+/t18-,21+/m0/s1. The van der Waals surface area contributed by atoms with E-state index in [2.05, 4.69) is 27.3 Å². The highest BCUT2D eigenvalue weighted by atomic mass is 32.2. The second kappa shape index (κ2) is 11.8. The van der Waals surface area contributed by atoms with Crippen molar-refractivity contribution < 1.29 is 27.6 Å². The summed E-state index contributed by atoms with van der Waals surface area (Å²) < 4.78 is 30.6. The molecule has 0 radical (unpaired) electrons. The molecule has 2 saturated heterocycles. The maximum Gasteiger partial charge on any atom is 0.280 e. The van der Waals surface area contributed by atoms with Crippen LogP contribution in [0.5, 0.6) is 0 Å². The quantitative estimate of drug-likeness (QED) is 0.325. The third kappa shape index (κ3) is 6.63. The Hall–Kier alpha value is -2.87. The molecule has 2 aliphatic heterocycles. The third-order valence-electron chi connectivity index (χ3n) is 7.89. The van der Waals surface area contributed by atoms with Crippen LogP contribution < -0.4 is 5.32 Å². The molecule has 2 aromatic rings. The van der Waals surface area contributed by atoms with Crippen LogP contribution in [0.25, 0.3) is 0 Å². The van der Waals surface area contributed by atoms with Gasteiger partial charge in [-0.05, 0) is 44.7 Å². The number of carbonyl (C=O) groups is 2. The summed E-state index contributed by atoms with van der Waals surface area (Å²) in [5.41, 5.74) is 0.481. The highest BCUT2D eigenvalue weighted by molar-refractivity contribution is 7.92. The molecule has 0 unspecified atom stereocenters. The summed E-state index contributed by atoms with van der Waals surface area (Å²) in [7, 11) is -3.34. The van der Waals surface area contributed by atoms with E-state index in [4.69, 9.17) is 9.57 Å². The van der Waals surface area contributed by atoms with Gasteiger partial charge in [-0.2, -0.15) is 0 Å². The predicted octanol–water partition coefficient (Wildman–Crippen LogP) is 2.67. The second-order valence-electron chi connectivity index (χ2n) is 11.3. The first-order valence-corrected chi connectivity index (χ1v) is 16.6. The summed E-state index contributed by atoms with van der Waals surface area (Å²) in [6, 6.07) is 6.38. The van der Waals surface area contributed by atoms with E-state index in [-0.39, 0.29) is 33.9 Å². The van der Waals surface area contributed by atoms with Crippen LogP contribution in [0.1, 0.15) is 49.5 Å². The molecule has 1 N–H and O–H groups in total. The minimum absolute atomic E-state index is 0.0364. The number of hydrogen-bond acceptors (Lipinski definition) is 10. The van der Waals surface area contributed by atoms with E-state index in [0.717, 1.165) is 37.4 Å². The number of nitrogens with one attached hydrogen (secondary N) is 1. The number of rotatable bonds is 10. The lowest BCUT2D eigenvalue weighted by Gasteiger charge is -2.39. The molecule has 11 nitrogen and oxygen atoms in total. The van der Waals surface area contributed by atoms with Gasteiger partial charge in [0.25, 0.3) is 5.91 Å². The van der Waals surface area contributed by atoms with Crippen LogP contribution in [0.4, 0.5) is 5.13 Å². The minimum atomic E-state index is -3.34. The molecular weight excluding hydrogens is 566 g/mol. The second-order valence-corrected chi connectivity index (χ2v) is 14.6. The lowest BCUT2D eigenvalue weighted by atomic mass is 10.1. The fraction of sp³-hybridized carbons (Fsp3) is 0.571. The van der Waals surface area contributed by atoms with Gasteiger partial charge in [0.2, 0.25) is 5.91 Å². The van der Waals surface area contributed by atoms with E-state index in [9.17, 15) is 18.0 Å². The fourth-order valence-electron chi connectivity index (χ4n) is 5.21. The molecule has 6 rings (SSSR count). The zero-order valence-corrected chi connectivity index (χ0v) is 24.7. The van der Waals surface area contributed by atoms with Gasteiger partial charge in [0, 0.05) is 61.2 Å². The number of hydrogen-bond donors (Lipinski definition) is 1. The molecule has 220 valence electrons. The zero-order valence-electron chi connectivity index (χ0n) is 23.0. The van der Waals surface area contributed by atoms with E-state index >= 15 is 0 Å². The third-order valence-corrected chi connectivity index (χ3v) is 11.1. The average molecular weight is 602 g/mol. The van der Waals surface area contributed by atoms with Gasteiger partial charge < -0.3 is 14.5 Å².